The van der Waals surface area contributed by atoms with Crippen LogP contribution >= 0.6 is 11.6 Å². The minimum absolute atomic E-state index is 0.0669. The molecule has 0 saturated carbocycles. The Kier molecular flexibility index (Phi) is 5.26. The third-order valence-corrected chi connectivity index (χ3v) is 4.95. The van der Waals surface area contributed by atoms with Gasteiger partial charge in [-0.15, -0.1) is 0 Å². The van der Waals surface area contributed by atoms with Gasteiger partial charge in [-0.1, -0.05) is 23.7 Å². The van der Waals surface area contributed by atoms with Crippen molar-refractivity contribution in [3.63, 3.8) is 0 Å². The normalized spacial score (nSPS) is 11.6. The Balaban J connectivity index is 1.52. The number of sulfonamides is 1. The first-order valence-corrected chi connectivity index (χ1v) is 9.75. The molecule has 1 aromatic carbocycles. The number of carbonyl (C=O) groups excluding carboxylic acids is 1. The number of fused-ring (bicyclic) bond motifs is 1. The summed E-state index contributed by atoms with van der Waals surface area (Å²) in [5.41, 5.74) is 2.29. The molecule has 0 fully saturated rings. The first-order valence-electron chi connectivity index (χ1n) is 7.83. The zero-order valence-corrected chi connectivity index (χ0v) is 15.3. The van der Waals surface area contributed by atoms with Gasteiger partial charge < -0.3 is 9.72 Å². The molecule has 1 amide bonds. The van der Waals surface area contributed by atoms with E-state index in [1.807, 2.05) is 0 Å². The molecule has 0 unspecified atom stereocenters. The molecule has 0 aliphatic heterocycles. The summed E-state index contributed by atoms with van der Waals surface area (Å²) in [6, 6.07) is 9.79. The Hall–Kier alpha value is -2.42. The van der Waals surface area contributed by atoms with Crippen LogP contribution in [0.1, 0.15) is 11.3 Å². The number of nitrogens with two attached hydrogens (primary N) is 1. The van der Waals surface area contributed by atoms with Crippen molar-refractivity contribution >= 4 is 33.2 Å². The zero-order valence-electron chi connectivity index (χ0n) is 13.7. The number of hydrogen-bond donors (Lipinski definition) is 2. The SMILES string of the molecule is NS(=O)(=O)c1ccc(CCNC(=O)Cc2cn3cc(Cl)ccc3n2)cc1. The largest absolute Gasteiger partial charge is 0.355 e. The Bertz CT molecular complexity index is 1050. The number of pyridine rings is 1. The number of primary sulfonamides is 1. The van der Waals surface area contributed by atoms with Crippen molar-refractivity contribution in [1.29, 1.82) is 0 Å². The number of amides is 1. The maximum Gasteiger partial charge on any atom is 0.238 e. The number of nitrogens with one attached hydrogen (secondary N) is 1. The summed E-state index contributed by atoms with van der Waals surface area (Å²) in [5, 5.41) is 8.48. The van der Waals surface area contributed by atoms with E-state index < -0.39 is 10.0 Å². The van der Waals surface area contributed by atoms with E-state index in [0.717, 1.165) is 11.2 Å². The van der Waals surface area contributed by atoms with Crippen molar-refractivity contribution in [1.82, 2.24) is 14.7 Å². The summed E-state index contributed by atoms with van der Waals surface area (Å²) in [6.45, 7) is 0.437. The average Bonchev–Trinajstić information content (AvgIpc) is 2.95. The van der Waals surface area contributed by atoms with Crippen molar-refractivity contribution in [3.05, 3.63) is 65.1 Å². The van der Waals surface area contributed by atoms with Gasteiger partial charge in [0.15, 0.2) is 0 Å². The van der Waals surface area contributed by atoms with Crippen LogP contribution < -0.4 is 10.5 Å². The van der Waals surface area contributed by atoms with Crippen LogP contribution in [0.3, 0.4) is 0 Å². The van der Waals surface area contributed by atoms with E-state index >= 15 is 0 Å². The van der Waals surface area contributed by atoms with E-state index in [-0.39, 0.29) is 17.2 Å². The van der Waals surface area contributed by atoms with E-state index in [0.29, 0.717) is 23.7 Å². The maximum absolute atomic E-state index is 12.0. The number of benzene rings is 1. The summed E-state index contributed by atoms with van der Waals surface area (Å²) in [4.78, 5) is 16.5. The molecule has 3 aromatic rings. The fourth-order valence-corrected chi connectivity index (χ4v) is 3.21. The summed E-state index contributed by atoms with van der Waals surface area (Å²) in [7, 11) is -3.69. The molecule has 2 heterocycles. The molecule has 0 spiro atoms. The molecule has 26 heavy (non-hydrogen) atoms. The number of halogens is 1. The molecular formula is C17H17ClN4O3S. The monoisotopic (exact) mass is 392 g/mol. The predicted octanol–water partition coefficient (Wildman–Crippen LogP) is 1.54. The Labute approximate surface area is 155 Å². The second kappa shape index (κ2) is 7.45. The molecule has 3 N–H and O–H groups in total. The van der Waals surface area contributed by atoms with Gasteiger partial charge in [0.25, 0.3) is 0 Å². The Morgan fingerprint density at radius 3 is 2.58 bits per heavy atom. The second-order valence-corrected chi connectivity index (χ2v) is 7.81. The number of nitrogens with zero attached hydrogens (tertiary/aromatic N) is 2. The topological polar surface area (TPSA) is 107 Å². The molecule has 0 aliphatic rings. The summed E-state index contributed by atoms with van der Waals surface area (Å²) >= 11 is 5.93. The molecular weight excluding hydrogens is 376 g/mol. The van der Waals surface area contributed by atoms with E-state index in [4.69, 9.17) is 16.7 Å². The third kappa shape index (κ3) is 4.60. The number of imidazole rings is 1. The lowest BCUT2D eigenvalue weighted by atomic mass is 10.1. The van der Waals surface area contributed by atoms with Crippen LogP contribution in [0.4, 0.5) is 0 Å². The maximum atomic E-state index is 12.0. The van der Waals surface area contributed by atoms with E-state index in [9.17, 15) is 13.2 Å². The number of aromatic nitrogens is 2. The molecule has 0 aliphatic carbocycles. The summed E-state index contributed by atoms with van der Waals surface area (Å²) in [6.07, 6.45) is 4.25. The fourth-order valence-electron chi connectivity index (χ4n) is 2.52. The lowest BCUT2D eigenvalue weighted by molar-refractivity contribution is -0.120. The minimum atomic E-state index is -3.69. The Morgan fingerprint density at radius 1 is 1.15 bits per heavy atom. The molecule has 9 heteroatoms. The zero-order chi connectivity index (χ0) is 18.7. The van der Waals surface area contributed by atoms with Crippen molar-refractivity contribution in [2.24, 2.45) is 5.14 Å². The van der Waals surface area contributed by atoms with Crippen LogP contribution in [0, 0.1) is 0 Å². The average molecular weight is 393 g/mol. The van der Waals surface area contributed by atoms with E-state index in [1.165, 1.54) is 12.1 Å². The van der Waals surface area contributed by atoms with Gasteiger partial charge in [-0.25, -0.2) is 18.5 Å². The molecule has 3 rings (SSSR count). The van der Waals surface area contributed by atoms with Crippen LogP contribution in [0.25, 0.3) is 5.65 Å². The molecule has 0 bridgehead atoms. The van der Waals surface area contributed by atoms with Crippen molar-refractivity contribution < 1.29 is 13.2 Å². The molecule has 0 atom stereocenters. The standard InChI is InChI=1S/C17H17ClN4O3S/c18-13-3-6-16-21-14(11-22(16)10-13)9-17(23)20-8-7-12-1-4-15(5-2-12)26(19,24)25/h1-6,10-11H,7-9H2,(H,20,23)(H2,19,24,25). The lowest BCUT2D eigenvalue weighted by Crippen LogP contribution is -2.27. The quantitative estimate of drug-likeness (QED) is 0.663. The predicted molar refractivity (Wildman–Crippen MR) is 98.4 cm³/mol. The number of rotatable bonds is 6. The van der Waals surface area contributed by atoms with Crippen LogP contribution in [0.2, 0.25) is 5.02 Å². The van der Waals surface area contributed by atoms with Crippen LogP contribution in [0.5, 0.6) is 0 Å². The van der Waals surface area contributed by atoms with Gasteiger partial charge in [-0.3, -0.25) is 4.79 Å². The van der Waals surface area contributed by atoms with Gasteiger partial charge in [-0.05, 0) is 36.2 Å². The second-order valence-electron chi connectivity index (χ2n) is 5.81. The molecule has 7 nitrogen and oxygen atoms in total. The Morgan fingerprint density at radius 2 is 1.88 bits per heavy atom. The van der Waals surface area contributed by atoms with Crippen molar-refractivity contribution in [2.75, 3.05) is 6.54 Å². The van der Waals surface area contributed by atoms with Gasteiger partial charge in [0, 0.05) is 18.9 Å². The first kappa shape index (κ1) is 18.4. The van der Waals surface area contributed by atoms with Crippen LogP contribution in [0.15, 0.2) is 53.7 Å². The summed E-state index contributed by atoms with van der Waals surface area (Å²) in [5.74, 6) is -0.138. The van der Waals surface area contributed by atoms with Crippen LogP contribution in [-0.2, 0) is 27.7 Å². The third-order valence-electron chi connectivity index (χ3n) is 3.79. The molecule has 0 saturated heterocycles. The lowest BCUT2D eigenvalue weighted by Gasteiger charge is -2.05. The van der Waals surface area contributed by atoms with Crippen LogP contribution in [-0.4, -0.2) is 30.3 Å². The van der Waals surface area contributed by atoms with Crippen molar-refractivity contribution in [2.45, 2.75) is 17.7 Å². The fraction of sp³-hybridized carbons (Fsp3) is 0.176. The molecule has 0 radical (unpaired) electrons. The van der Waals surface area contributed by atoms with E-state index in [1.54, 1.807) is 41.1 Å². The highest BCUT2D eigenvalue weighted by Crippen LogP contribution is 2.12. The van der Waals surface area contributed by atoms with E-state index in [2.05, 4.69) is 10.3 Å². The highest BCUT2D eigenvalue weighted by Gasteiger charge is 2.09. The summed E-state index contributed by atoms with van der Waals surface area (Å²) < 4.78 is 24.2. The molecule has 136 valence electrons. The first-order chi connectivity index (χ1) is 12.3. The number of carbonyl (C=O) groups is 1. The van der Waals surface area contributed by atoms with Gasteiger partial charge in [-0.2, -0.15) is 0 Å². The molecule has 2 aromatic heterocycles. The smallest absolute Gasteiger partial charge is 0.238 e. The highest BCUT2D eigenvalue weighted by molar-refractivity contribution is 7.89. The van der Waals surface area contributed by atoms with Crippen molar-refractivity contribution in [3.8, 4) is 0 Å². The van der Waals surface area contributed by atoms with Gasteiger partial charge >= 0.3 is 0 Å². The minimum Gasteiger partial charge on any atom is -0.355 e. The van der Waals surface area contributed by atoms with Gasteiger partial charge in [0.05, 0.1) is 22.0 Å². The van der Waals surface area contributed by atoms with Gasteiger partial charge in [0.1, 0.15) is 5.65 Å². The van der Waals surface area contributed by atoms with Gasteiger partial charge in [0.2, 0.25) is 15.9 Å². The number of hydrogen-bond acceptors (Lipinski definition) is 4. The highest BCUT2D eigenvalue weighted by atomic mass is 35.5.